The second kappa shape index (κ2) is 7.88. The van der Waals surface area contributed by atoms with E-state index < -0.39 is 0 Å². The number of hydrogen-bond acceptors (Lipinski definition) is 2. The van der Waals surface area contributed by atoms with Crippen LogP contribution >= 0.6 is 0 Å². The van der Waals surface area contributed by atoms with E-state index in [-0.39, 0.29) is 17.8 Å². The summed E-state index contributed by atoms with van der Waals surface area (Å²) in [6.45, 7) is 11.1. The summed E-state index contributed by atoms with van der Waals surface area (Å²) in [6, 6.07) is 0. The molecule has 3 heteroatoms. The number of Topliss-reactive ketones (excluding diaryl/α,β-unsaturated/α-hetero) is 1. The normalized spacial score (nSPS) is 24.5. The number of allylic oxidation sites excluding steroid dienone is 1. The zero-order valence-electron chi connectivity index (χ0n) is 11.2. The fraction of sp³-hybridized carbons (Fsp3) is 0.786. The van der Waals surface area contributed by atoms with E-state index in [0.29, 0.717) is 5.78 Å². The number of rotatable bonds is 6. The summed E-state index contributed by atoms with van der Waals surface area (Å²) in [5.41, 5.74) is -0.119. The van der Waals surface area contributed by atoms with E-state index in [1.165, 1.54) is 6.42 Å². The maximum absolute atomic E-state index is 12.2. The molecule has 0 radical (unpaired) electrons. The highest BCUT2D eigenvalue weighted by Crippen LogP contribution is 2.37. The smallest absolute Gasteiger partial charge is 0.140 e. The van der Waals surface area contributed by atoms with Crippen molar-refractivity contribution in [1.82, 2.24) is 4.90 Å². The minimum atomic E-state index is -0.119. The molecular weight excluding hydrogens is 234 g/mol. The lowest BCUT2D eigenvalue weighted by atomic mass is 9.70. The van der Waals surface area contributed by atoms with E-state index in [2.05, 4.69) is 25.3 Å². The Bertz CT molecular complexity index is 251. The summed E-state index contributed by atoms with van der Waals surface area (Å²) in [7, 11) is 0. The molecule has 0 aromatic carbocycles. The first kappa shape index (κ1) is 16.7. The first-order chi connectivity index (χ1) is 7.68. The average molecular weight is 259 g/mol. The summed E-state index contributed by atoms with van der Waals surface area (Å²) in [6.07, 6.45) is 6.87. The molecule has 1 rings (SSSR count). The van der Waals surface area contributed by atoms with Crippen molar-refractivity contribution in [3.63, 3.8) is 0 Å². The third-order valence-electron chi connectivity index (χ3n) is 3.86. The molecule has 1 atom stereocenters. The molecule has 0 aliphatic heterocycles. The number of nitrogens with zero attached hydrogens (tertiary/aromatic N) is 1. The molecule has 0 spiro atoms. The van der Waals surface area contributed by atoms with Gasteiger partial charge >= 0.3 is 0 Å². The fourth-order valence-electron chi connectivity index (χ4n) is 2.75. The first-order valence-corrected chi connectivity index (χ1v) is 6.55. The van der Waals surface area contributed by atoms with Crippen LogP contribution in [0.4, 0.5) is 0 Å². The van der Waals surface area contributed by atoms with E-state index >= 15 is 0 Å². The standard InChI is InChI=1S/C14H25NO.ClH/c1-4-10-14(12-15(5-2)6-3)11-8-7-9-13(14)16;/h4H,1,5-12H2,2-3H3;1H/p-1. The molecule has 17 heavy (non-hydrogen) atoms. The van der Waals surface area contributed by atoms with Crippen LogP contribution in [-0.4, -0.2) is 30.3 Å². The lowest BCUT2D eigenvalue weighted by molar-refractivity contribution is -0.132. The summed E-state index contributed by atoms with van der Waals surface area (Å²) in [5, 5.41) is 0. The maximum Gasteiger partial charge on any atom is 0.140 e. The van der Waals surface area contributed by atoms with Gasteiger partial charge in [0.05, 0.1) is 0 Å². The van der Waals surface area contributed by atoms with Crippen molar-refractivity contribution in [2.45, 2.75) is 46.0 Å². The molecule has 1 aliphatic carbocycles. The third kappa shape index (κ3) is 4.11. The van der Waals surface area contributed by atoms with Gasteiger partial charge in [-0.1, -0.05) is 26.3 Å². The van der Waals surface area contributed by atoms with Crippen LogP contribution < -0.4 is 12.4 Å². The molecule has 0 amide bonds. The molecule has 1 fully saturated rings. The predicted molar refractivity (Wildman–Crippen MR) is 68.5 cm³/mol. The Morgan fingerprint density at radius 3 is 2.47 bits per heavy atom. The minimum absolute atomic E-state index is 0. The van der Waals surface area contributed by atoms with Crippen LogP contribution in [0, 0.1) is 5.41 Å². The molecule has 0 saturated heterocycles. The van der Waals surface area contributed by atoms with Gasteiger partial charge < -0.3 is 17.3 Å². The van der Waals surface area contributed by atoms with E-state index in [1.54, 1.807) is 0 Å². The number of halogens is 1. The van der Waals surface area contributed by atoms with Gasteiger partial charge in [-0.3, -0.25) is 4.79 Å². The number of hydrogen-bond donors (Lipinski definition) is 0. The van der Waals surface area contributed by atoms with Crippen molar-refractivity contribution < 1.29 is 17.2 Å². The molecule has 2 nitrogen and oxygen atoms in total. The van der Waals surface area contributed by atoms with Gasteiger partial charge in [0.2, 0.25) is 0 Å². The molecule has 1 unspecified atom stereocenters. The second-order valence-corrected chi connectivity index (χ2v) is 4.86. The largest absolute Gasteiger partial charge is 1.00 e. The molecule has 1 saturated carbocycles. The number of carbonyl (C=O) groups is 1. The Labute approximate surface area is 112 Å². The summed E-state index contributed by atoms with van der Waals surface area (Å²) in [5.74, 6) is 0.463. The molecule has 0 N–H and O–H groups in total. The van der Waals surface area contributed by atoms with Gasteiger partial charge in [-0.2, -0.15) is 0 Å². The van der Waals surface area contributed by atoms with Gasteiger partial charge in [-0.05, 0) is 32.4 Å². The predicted octanol–water partition coefficient (Wildman–Crippen LogP) is 0.0378. The highest BCUT2D eigenvalue weighted by Gasteiger charge is 2.39. The van der Waals surface area contributed by atoms with Crippen LogP contribution in [0.3, 0.4) is 0 Å². The monoisotopic (exact) mass is 258 g/mol. The van der Waals surface area contributed by atoms with Crippen molar-refractivity contribution in [1.29, 1.82) is 0 Å². The van der Waals surface area contributed by atoms with E-state index in [9.17, 15) is 4.79 Å². The van der Waals surface area contributed by atoms with Crippen molar-refractivity contribution in [2.24, 2.45) is 5.41 Å². The van der Waals surface area contributed by atoms with Gasteiger partial charge in [0.25, 0.3) is 0 Å². The van der Waals surface area contributed by atoms with Crippen molar-refractivity contribution >= 4 is 5.78 Å². The quantitative estimate of drug-likeness (QED) is 0.627. The van der Waals surface area contributed by atoms with Crippen LogP contribution in [0.15, 0.2) is 12.7 Å². The lowest BCUT2D eigenvalue weighted by Crippen LogP contribution is -3.00. The van der Waals surface area contributed by atoms with Gasteiger partial charge in [0, 0.05) is 18.4 Å². The number of carbonyl (C=O) groups excluding carboxylic acids is 1. The molecule has 0 heterocycles. The molecule has 0 aromatic heterocycles. The Balaban J connectivity index is 0.00000256. The molecule has 100 valence electrons. The molecular formula is C14H25ClNO-. The first-order valence-electron chi connectivity index (χ1n) is 6.55. The maximum atomic E-state index is 12.2. The Morgan fingerprint density at radius 2 is 2.00 bits per heavy atom. The van der Waals surface area contributed by atoms with Crippen molar-refractivity contribution in [2.75, 3.05) is 19.6 Å². The SMILES string of the molecule is C=CCC1(CN(CC)CC)CCCCC1=O.[Cl-]. The highest BCUT2D eigenvalue weighted by atomic mass is 35.5. The zero-order chi connectivity index (χ0) is 12.0. The average Bonchev–Trinajstić information content (AvgIpc) is 2.30. The summed E-state index contributed by atoms with van der Waals surface area (Å²) >= 11 is 0. The zero-order valence-corrected chi connectivity index (χ0v) is 11.9. The van der Waals surface area contributed by atoms with Gasteiger partial charge in [-0.25, -0.2) is 0 Å². The molecule has 0 bridgehead atoms. The highest BCUT2D eigenvalue weighted by molar-refractivity contribution is 5.86. The van der Waals surface area contributed by atoms with Crippen LogP contribution in [0.25, 0.3) is 0 Å². The topological polar surface area (TPSA) is 20.3 Å². The van der Waals surface area contributed by atoms with Crippen LogP contribution in [0.1, 0.15) is 46.0 Å². The third-order valence-corrected chi connectivity index (χ3v) is 3.86. The van der Waals surface area contributed by atoms with Crippen molar-refractivity contribution in [3.8, 4) is 0 Å². The van der Waals surface area contributed by atoms with Gasteiger partial charge in [-0.15, -0.1) is 6.58 Å². The van der Waals surface area contributed by atoms with E-state index in [1.807, 2.05) is 6.08 Å². The Kier molecular flexibility index (Phi) is 7.73. The minimum Gasteiger partial charge on any atom is -1.00 e. The van der Waals surface area contributed by atoms with Crippen LogP contribution in [-0.2, 0) is 4.79 Å². The Hall–Kier alpha value is -0.340. The summed E-state index contributed by atoms with van der Waals surface area (Å²) < 4.78 is 0. The summed E-state index contributed by atoms with van der Waals surface area (Å²) in [4.78, 5) is 14.6. The number of ketones is 1. The van der Waals surface area contributed by atoms with Crippen LogP contribution in [0.2, 0.25) is 0 Å². The van der Waals surface area contributed by atoms with Gasteiger partial charge in [0.15, 0.2) is 0 Å². The van der Waals surface area contributed by atoms with Crippen molar-refractivity contribution in [3.05, 3.63) is 12.7 Å². The van der Waals surface area contributed by atoms with E-state index in [4.69, 9.17) is 0 Å². The fourth-order valence-corrected chi connectivity index (χ4v) is 2.75. The molecule has 1 aliphatic rings. The second-order valence-electron chi connectivity index (χ2n) is 4.86. The van der Waals surface area contributed by atoms with Crippen LogP contribution in [0.5, 0.6) is 0 Å². The lowest BCUT2D eigenvalue weighted by Gasteiger charge is -2.38. The van der Waals surface area contributed by atoms with E-state index in [0.717, 1.165) is 45.3 Å². The van der Waals surface area contributed by atoms with Gasteiger partial charge in [0.1, 0.15) is 5.78 Å². The Morgan fingerprint density at radius 1 is 1.35 bits per heavy atom. The molecule has 0 aromatic rings.